The van der Waals surface area contributed by atoms with Crippen molar-refractivity contribution < 1.29 is 9.90 Å². The van der Waals surface area contributed by atoms with Gasteiger partial charge in [0.05, 0.1) is 12.5 Å². The van der Waals surface area contributed by atoms with E-state index in [2.05, 4.69) is 10.6 Å². The highest BCUT2D eigenvalue weighted by molar-refractivity contribution is 5.86. The van der Waals surface area contributed by atoms with Crippen LogP contribution in [0.4, 0.5) is 5.69 Å². The summed E-state index contributed by atoms with van der Waals surface area (Å²) in [6.07, 6.45) is 0.793. The van der Waals surface area contributed by atoms with Crippen molar-refractivity contribution in [3.63, 3.8) is 0 Å². The maximum absolute atomic E-state index is 12.1. The predicted molar refractivity (Wildman–Crippen MR) is 67.0 cm³/mol. The highest BCUT2D eigenvalue weighted by Gasteiger charge is 2.26. The zero-order valence-corrected chi connectivity index (χ0v) is 9.94. The monoisotopic (exact) mass is 234 g/mol. The van der Waals surface area contributed by atoms with Crippen LogP contribution in [-0.2, 0) is 4.79 Å². The summed E-state index contributed by atoms with van der Waals surface area (Å²) in [5.74, 6) is -0.109. The molecule has 17 heavy (non-hydrogen) atoms. The molecular weight excluding hydrogens is 216 g/mol. The lowest BCUT2D eigenvalue weighted by Gasteiger charge is -2.26. The minimum atomic E-state index is -0.190. The third-order valence-electron chi connectivity index (χ3n) is 3.06. The second-order valence-corrected chi connectivity index (χ2v) is 4.45. The van der Waals surface area contributed by atoms with Crippen molar-refractivity contribution >= 4 is 11.6 Å². The van der Waals surface area contributed by atoms with Crippen molar-refractivity contribution in [3.8, 4) is 0 Å². The Balaban J connectivity index is 2.15. The number of rotatable bonds is 3. The van der Waals surface area contributed by atoms with Crippen LogP contribution >= 0.6 is 0 Å². The quantitative estimate of drug-likeness (QED) is 0.733. The molecule has 3 N–H and O–H groups in total. The Kier molecular flexibility index (Phi) is 3.64. The molecule has 92 valence electrons. The molecule has 1 aliphatic rings. The smallest absolute Gasteiger partial charge is 0.227 e. The fraction of sp³-hybridized carbons (Fsp3) is 0.462. The number of aliphatic hydroxyl groups excluding tert-OH is 1. The summed E-state index contributed by atoms with van der Waals surface area (Å²) in [7, 11) is 0. The van der Waals surface area contributed by atoms with Gasteiger partial charge in [-0.15, -0.1) is 0 Å². The lowest BCUT2D eigenvalue weighted by Crippen LogP contribution is -2.39. The minimum absolute atomic E-state index is 0.000463. The van der Waals surface area contributed by atoms with E-state index < -0.39 is 0 Å². The van der Waals surface area contributed by atoms with Crippen LogP contribution in [0, 0.1) is 0 Å². The number of nitrogens with one attached hydrogen (secondary N) is 2. The van der Waals surface area contributed by atoms with Crippen LogP contribution in [0.1, 0.15) is 24.8 Å². The molecule has 1 aromatic carbocycles. The summed E-state index contributed by atoms with van der Waals surface area (Å²) in [5, 5.41) is 15.1. The van der Waals surface area contributed by atoms with E-state index in [4.69, 9.17) is 5.11 Å². The van der Waals surface area contributed by atoms with E-state index in [1.54, 1.807) is 6.92 Å². The number of anilines is 1. The number of carbonyl (C=O) groups excluding carboxylic acids is 1. The first kappa shape index (κ1) is 11.9. The van der Waals surface area contributed by atoms with Crippen LogP contribution in [0.15, 0.2) is 24.3 Å². The van der Waals surface area contributed by atoms with Crippen LogP contribution in [-0.4, -0.2) is 30.2 Å². The molecule has 0 bridgehead atoms. The highest BCUT2D eigenvalue weighted by Crippen LogP contribution is 2.31. The molecule has 0 spiro atoms. The molecule has 2 unspecified atom stereocenters. The van der Waals surface area contributed by atoms with E-state index in [-0.39, 0.29) is 24.5 Å². The zero-order valence-electron chi connectivity index (χ0n) is 9.94. The Bertz CT molecular complexity index is 406. The van der Waals surface area contributed by atoms with Crippen LogP contribution in [0.5, 0.6) is 0 Å². The Morgan fingerprint density at radius 2 is 2.35 bits per heavy atom. The summed E-state index contributed by atoms with van der Waals surface area (Å²) in [6, 6.07) is 7.69. The molecule has 2 atom stereocenters. The predicted octanol–water partition coefficient (Wildman–Crippen LogP) is 1.08. The molecule has 1 heterocycles. The second kappa shape index (κ2) is 5.19. The van der Waals surface area contributed by atoms with E-state index in [0.29, 0.717) is 0 Å². The minimum Gasteiger partial charge on any atom is -0.394 e. The lowest BCUT2D eigenvalue weighted by atomic mass is 9.90. The van der Waals surface area contributed by atoms with Crippen LogP contribution in [0.3, 0.4) is 0 Å². The molecule has 1 aliphatic heterocycles. The van der Waals surface area contributed by atoms with Gasteiger partial charge in [-0.05, 0) is 25.0 Å². The number of hydrogen-bond donors (Lipinski definition) is 3. The van der Waals surface area contributed by atoms with Crippen molar-refractivity contribution in [2.75, 3.05) is 18.5 Å². The first-order valence-corrected chi connectivity index (χ1v) is 5.96. The second-order valence-electron chi connectivity index (χ2n) is 4.45. The summed E-state index contributed by atoms with van der Waals surface area (Å²) in [5.41, 5.74) is 2.08. The highest BCUT2D eigenvalue weighted by atomic mass is 16.3. The van der Waals surface area contributed by atoms with Crippen LogP contribution in [0.2, 0.25) is 0 Å². The average Bonchev–Trinajstić information content (AvgIpc) is 2.37. The molecule has 2 rings (SSSR count). The topological polar surface area (TPSA) is 61.4 Å². The number of para-hydroxylation sites is 1. The summed E-state index contributed by atoms with van der Waals surface area (Å²) in [6.45, 7) is 2.58. The van der Waals surface area contributed by atoms with Gasteiger partial charge in [0, 0.05) is 18.3 Å². The van der Waals surface area contributed by atoms with E-state index in [9.17, 15) is 4.79 Å². The van der Waals surface area contributed by atoms with Gasteiger partial charge < -0.3 is 15.7 Å². The maximum Gasteiger partial charge on any atom is 0.227 e. The average molecular weight is 234 g/mol. The van der Waals surface area contributed by atoms with Gasteiger partial charge in [0.1, 0.15) is 0 Å². The Morgan fingerprint density at radius 3 is 3.12 bits per heavy atom. The molecule has 0 fully saturated rings. The van der Waals surface area contributed by atoms with Crippen LogP contribution < -0.4 is 10.6 Å². The number of benzene rings is 1. The van der Waals surface area contributed by atoms with Crippen molar-refractivity contribution in [1.29, 1.82) is 0 Å². The van der Waals surface area contributed by atoms with Gasteiger partial charge in [-0.2, -0.15) is 0 Å². The third-order valence-corrected chi connectivity index (χ3v) is 3.06. The van der Waals surface area contributed by atoms with Gasteiger partial charge in [0.2, 0.25) is 5.91 Å². The fourth-order valence-corrected chi connectivity index (χ4v) is 2.13. The maximum atomic E-state index is 12.1. The van der Waals surface area contributed by atoms with E-state index >= 15 is 0 Å². The standard InChI is InChI=1S/C13H18N2O2/c1-9(8-16)15-13(17)11-6-7-14-12-5-3-2-4-10(11)12/h2-5,9,11,14,16H,6-8H2,1H3,(H,15,17). The van der Waals surface area contributed by atoms with E-state index in [0.717, 1.165) is 24.2 Å². The molecule has 0 aromatic heterocycles. The van der Waals surface area contributed by atoms with Gasteiger partial charge >= 0.3 is 0 Å². The number of amides is 1. The van der Waals surface area contributed by atoms with E-state index in [1.165, 1.54) is 0 Å². The normalized spacial score (nSPS) is 20.0. The largest absolute Gasteiger partial charge is 0.394 e. The molecule has 4 heteroatoms. The Labute approximate surface area is 101 Å². The van der Waals surface area contributed by atoms with Crippen molar-refractivity contribution in [2.45, 2.75) is 25.3 Å². The number of hydrogen-bond acceptors (Lipinski definition) is 3. The van der Waals surface area contributed by atoms with Gasteiger partial charge in [0.25, 0.3) is 0 Å². The molecule has 0 radical (unpaired) electrons. The van der Waals surface area contributed by atoms with E-state index in [1.807, 2.05) is 24.3 Å². The molecule has 4 nitrogen and oxygen atoms in total. The molecule has 0 saturated heterocycles. The Hall–Kier alpha value is -1.55. The molecule has 1 aromatic rings. The van der Waals surface area contributed by atoms with Gasteiger partial charge in [-0.3, -0.25) is 4.79 Å². The molecule has 0 saturated carbocycles. The number of aliphatic hydroxyl groups is 1. The first-order chi connectivity index (χ1) is 8.22. The molecular formula is C13H18N2O2. The van der Waals surface area contributed by atoms with Crippen molar-refractivity contribution in [2.24, 2.45) is 0 Å². The van der Waals surface area contributed by atoms with Gasteiger partial charge in [-0.25, -0.2) is 0 Å². The third kappa shape index (κ3) is 2.58. The van der Waals surface area contributed by atoms with Gasteiger partial charge in [0.15, 0.2) is 0 Å². The summed E-state index contributed by atoms with van der Waals surface area (Å²) < 4.78 is 0. The summed E-state index contributed by atoms with van der Waals surface area (Å²) in [4.78, 5) is 12.1. The first-order valence-electron chi connectivity index (χ1n) is 5.96. The zero-order chi connectivity index (χ0) is 12.3. The Morgan fingerprint density at radius 1 is 1.59 bits per heavy atom. The SMILES string of the molecule is CC(CO)NC(=O)C1CCNc2ccccc21. The van der Waals surface area contributed by atoms with Gasteiger partial charge in [-0.1, -0.05) is 18.2 Å². The van der Waals surface area contributed by atoms with Crippen LogP contribution in [0.25, 0.3) is 0 Å². The number of carbonyl (C=O) groups is 1. The lowest BCUT2D eigenvalue weighted by molar-refractivity contribution is -0.123. The molecule has 0 aliphatic carbocycles. The van der Waals surface area contributed by atoms with Crippen molar-refractivity contribution in [1.82, 2.24) is 5.32 Å². The number of fused-ring (bicyclic) bond motifs is 1. The summed E-state index contributed by atoms with van der Waals surface area (Å²) >= 11 is 0. The van der Waals surface area contributed by atoms with Crippen molar-refractivity contribution in [3.05, 3.63) is 29.8 Å². The molecule has 1 amide bonds. The fourth-order valence-electron chi connectivity index (χ4n) is 2.13.